The van der Waals surface area contributed by atoms with Gasteiger partial charge in [0.1, 0.15) is 5.75 Å². The van der Waals surface area contributed by atoms with E-state index in [0.29, 0.717) is 18.0 Å². The van der Waals surface area contributed by atoms with Gasteiger partial charge in [-0.25, -0.2) is 8.42 Å². The average molecular weight is 391 g/mol. The summed E-state index contributed by atoms with van der Waals surface area (Å²) in [4.78, 5) is 12.3. The molecule has 27 heavy (non-hydrogen) atoms. The molecule has 2 atom stereocenters. The molecule has 0 aliphatic heterocycles. The fraction of sp³-hybridized carbons (Fsp3) is 0.350. The van der Waals surface area contributed by atoms with E-state index in [1.807, 2.05) is 30.3 Å². The van der Waals surface area contributed by atoms with E-state index in [1.54, 1.807) is 31.2 Å². The van der Waals surface area contributed by atoms with Crippen molar-refractivity contribution >= 4 is 21.6 Å². The van der Waals surface area contributed by atoms with Crippen LogP contribution in [0.3, 0.4) is 0 Å². The average Bonchev–Trinajstić information content (AvgIpc) is 2.65. The van der Waals surface area contributed by atoms with Gasteiger partial charge in [0.15, 0.2) is 6.10 Å². The number of carbonyl (C=O) groups excluding carboxylic acids is 1. The van der Waals surface area contributed by atoms with Crippen molar-refractivity contribution in [3.63, 3.8) is 0 Å². The number of nitrogens with one attached hydrogen (secondary N) is 1. The van der Waals surface area contributed by atoms with Crippen molar-refractivity contribution in [3.8, 4) is 5.75 Å². The lowest BCUT2D eigenvalue weighted by molar-refractivity contribution is -0.127. The highest BCUT2D eigenvalue weighted by Gasteiger charge is 2.17. The lowest BCUT2D eigenvalue weighted by Crippen LogP contribution is -2.38. The van der Waals surface area contributed by atoms with Crippen LogP contribution in [-0.2, 0) is 14.8 Å². The van der Waals surface area contributed by atoms with Gasteiger partial charge < -0.3 is 10.1 Å². The Morgan fingerprint density at radius 3 is 2.22 bits per heavy atom. The van der Waals surface area contributed by atoms with Gasteiger partial charge >= 0.3 is 0 Å². The van der Waals surface area contributed by atoms with E-state index in [1.165, 1.54) is 11.4 Å². The van der Waals surface area contributed by atoms with Crippen LogP contribution >= 0.6 is 0 Å². The lowest BCUT2D eigenvalue weighted by atomic mass is 10.0. The number of amides is 1. The summed E-state index contributed by atoms with van der Waals surface area (Å²) in [7, 11) is -1.83. The number of carbonyl (C=O) groups is 1. The van der Waals surface area contributed by atoms with Crippen LogP contribution in [0, 0.1) is 0 Å². The molecule has 0 unspecified atom stereocenters. The molecule has 7 heteroatoms. The molecular formula is C20H26N2O4S. The summed E-state index contributed by atoms with van der Waals surface area (Å²) in [6.45, 7) is 4.26. The van der Waals surface area contributed by atoms with Gasteiger partial charge in [-0.2, -0.15) is 0 Å². The van der Waals surface area contributed by atoms with Crippen molar-refractivity contribution in [1.82, 2.24) is 5.32 Å². The Kier molecular flexibility index (Phi) is 6.85. The zero-order valence-electron chi connectivity index (χ0n) is 16.0. The van der Waals surface area contributed by atoms with Crippen molar-refractivity contribution in [2.24, 2.45) is 0 Å². The van der Waals surface area contributed by atoms with E-state index in [9.17, 15) is 13.2 Å². The smallest absolute Gasteiger partial charge is 0.260 e. The van der Waals surface area contributed by atoms with E-state index in [0.717, 1.165) is 11.8 Å². The van der Waals surface area contributed by atoms with Gasteiger partial charge in [0, 0.05) is 13.6 Å². The Labute approximate surface area is 161 Å². The molecule has 1 N–H and O–H groups in total. The fourth-order valence-electron chi connectivity index (χ4n) is 2.48. The van der Waals surface area contributed by atoms with Crippen molar-refractivity contribution in [2.45, 2.75) is 25.9 Å². The zero-order valence-corrected chi connectivity index (χ0v) is 16.9. The van der Waals surface area contributed by atoms with Crippen LogP contribution in [0.5, 0.6) is 5.75 Å². The van der Waals surface area contributed by atoms with E-state index in [-0.39, 0.29) is 11.8 Å². The predicted octanol–water partition coefficient (Wildman–Crippen LogP) is 2.77. The standard InChI is InChI=1S/C20H26N2O4S/c1-15(17-8-6-5-7-9-17)14-21-20(23)16(2)26-19-12-10-18(11-13-19)22(3)27(4,24)25/h5-13,15-16H,14H2,1-4H3,(H,21,23)/t15-,16-/m1/s1. The molecule has 0 aliphatic carbocycles. The van der Waals surface area contributed by atoms with Gasteiger partial charge in [-0.1, -0.05) is 37.3 Å². The molecule has 0 fully saturated rings. The maximum atomic E-state index is 12.3. The number of nitrogens with zero attached hydrogens (tertiary/aromatic N) is 1. The van der Waals surface area contributed by atoms with Crippen LogP contribution < -0.4 is 14.4 Å². The molecule has 2 aromatic rings. The summed E-state index contributed by atoms with van der Waals surface area (Å²) >= 11 is 0. The molecule has 1 amide bonds. The number of ether oxygens (including phenoxy) is 1. The van der Waals surface area contributed by atoms with Crippen molar-refractivity contribution in [2.75, 3.05) is 24.2 Å². The van der Waals surface area contributed by atoms with Crippen LogP contribution in [0.2, 0.25) is 0 Å². The molecular weight excluding hydrogens is 364 g/mol. The van der Waals surface area contributed by atoms with Gasteiger partial charge in [0.25, 0.3) is 5.91 Å². The molecule has 0 saturated carbocycles. The summed E-state index contributed by atoms with van der Waals surface area (Å²) in [6.07, 6.45) is 0.478. The largest absolute Gasteiger partial charge is 0.481 e. The van der Waals surface area contributed by atoms with Gasteiger partial charge in [0.2, 0.25) is 10.0 Å². The van der Waals surface area contributed by atoms with Crippen LogP contribution in [0.4, 0.5) is 5.69 Å². The first kappa shape index (κ1) is 20.8. The number of rotatable bonds is 8. The Hall–Kier alpha value is -2.54. The summed E-state index contributed by atoms with van der Waals surface area (Å²) in [5.74, 6) is 0.502. The molecule has 6 nitrogen and oxygen atoms in total. The van der Waals surface area contributed by atoms with Crippen LogP contribution in [0.1, 0.15) is 25.3 Å². The minimum atomic E-state index is -3.32. The van der Waals surface area contributed by atoms with Crippen molar-refractivity contribution in [1.29, 1.82) is 0 Å². The van der Waals surface area contributed by atoms with Crippen LogP contribution in [0.15, 0.2) is 54.6 Å². The molecule has 0 bridgehead atoms. The van der Waals surface area contributed by atoms with E-state index in [4.69, 9.17) is 4.74 Å². The number of benzene rings is 2. The second-order valence-corrected chi connectivity index (χ2v) is 8.56. The lowest BCUT2D eigenvalue weighted by Gasteiger charge is -2.19. The molecule has 0 aromatic heterocycles. The number of hydrogen-bond donors (Lipinski definition) is 1. The molecule has 2 rings (SSSR count). The Balaban J connectivity index is 1.88. The quantitative estimate of drug-likeness (QED) is 0.752. The summed E-state index contributed by atoms with van der Waals surface area (Å²) in [5, 5.41) is 2.90. The molecule has 0 spiro atoms. The molecule has 0 aliphatic rings. The number of anilines is 1. The number of sulfonamides is 1. The Morgan fingerprint density at radius 1 is 1.07 bits per heavy atom. The van der Waals surface area contributed by atoms with Crippen LogP contribution in [0.25, 0.3) is 0 Å². The molecule has 2 aromatic carbocycles. The maximum Gasteiger partial charge on any atom is 0.260 e. The highest BCUT2D eigenvalue weighted by molar-refractivity contribution is 7.92. The monoisotopic (exact) mass is 390 g/mol. The first-order valence-electron chi connectivity index (χ1n) is 8.71. The van der Waals surface area contributed by atoms with Crippen LogP contribution in [-0.4, -0.2) is 40.3 Å². The van der Waals surface area contributed by atoms with Crippen molar-refractivity contribution < 1.29 is 17.9 Å². The molecule has 0 radical (unpaired) electrons. The Bertz CT molecular complexity index is 851. The van der Waals surface area contributed by atoms with Gasteiger partial charge in [-0.3, -0.25) is 9.10 Å². The second-order valence-electron chi connectivity index (χ2n) is 6.54. The predicted molar refractivity (Wildman–Crippen MR) is 108 cm³/mol. The summed E-state index contributed by atoms with van der Waals surface area (Å²) < 4.78 is 29.9. The highest BCUT2D eigenvalue weighted by Crippen LogP contribution is 2.21. The highest BCUT2D eigenvalue weighted by atomic mass is 32.2. The third kappa shape index (κ3) is 5.99. The SMILES string of the molecule is C[C@H](CNC(=O)[C@@H](C)Oc1ccc(N(C)S(C)(=O)=O)cc1)c1ccccc1. The van der Waals surface area contributed by atoms with E-state index < -0.39 is 16.1 Å². The minimum absolute atomic E-state index is 0.199. The molecule has 0 saturated heterocycles. The first-order chi connectivity index (χ1) is 12.7. The topological polar surface area (TPSA) is 75.7 Å². The third-order valence-corrected chi connectivity index (χ3v) is 5.54. The second kappa shape index (κ2) is 8.90. The summed E-state index contributed by atoms with van der Waals surface area (Å²) in [5.41, 5.74) is 1.69. The van der Waals surface area contributed by atoms with Gasteiger partial charge in [0.05, 0.1) is 11.9 Å². The van der Waals surface area contributed by atoms with Gasteiger partial charge in [-0.15, -0.1) is 0 Å². The molecule has 0 heterocycles. The third-order valence-electron chi connectivity index (χ3n) is 4.33. The summed E-state index contributed by atoms with van der Waals surface area (Å²) in [6, 6.07) is 16.5. The van der Waals surface area contributed by atoms with E-state index in [2.05, 4.69) is 12.2 Å². The van der Waals surface area contributed by atoms with Gasteiger partial charge in [-0.05, 0) is 42.7 Å². The molecule has 146 valence electrons. The Morgan fingerprint density at radius 2 is 1.67 bits per heavy atom. The first-order valence-corrected chi connectivity index (χ1v) is 10.6. The maximum absolute atomic E-state index is 12.3. The van der Waals surface area contributed by atoms with Crippen molar-refractivity contribution in [3.05, 3.63) is 60.2 Å². The van der Waals surface area contributed by atoms with E-state index >= 15 is 0 Å². The fourth-order valence-corrected chi connectivity index (χ4v) is 2.99. The number of hydrogen-bond acceptors (Lipinski definition) is 4. The zero-order chi connectivity index (χ0) is 20.0. The minimum Gasteiger partial charge on any atom is -0.481 e. The normalized spacial score (nSPS) is 13.5.